The lowest BCUT2D eigenvalue weighted by molar-refractivity contribution is -0.119. The molecular formula is C18H16BrF4N5O. The van der Waals surface area contributed by atoms with Gasteiger partial charge in [0.15, 0.2) is 17.5 Å². The van der Waals surface area contributed by atoms with Gasteiger partial charge in [0.25, 0.3) is 0 Å². The molecule has 0 saturated heterocycles. The number of carbonyl (C=O) groups excluding carboxylic acids is 1. The molecule has 0 spiro atoms. The van der Waals surface area contributed by atoms with Crippen LogP contribution in [0.4, 0.5) is 23.2 Å². The average Bonchev–Trinajstić information content (AvgIpc) is 3.22. The van der Waals surface area contributed by atoms with E-state index in [1.54, 1.807) is 18.5 Å². The summed E-state index contributed by atoms with van der Waals surface area (Å²) < 4.78 is 57.5. The molecule has 0 aliphatic carbocycles. The molecule has 1 atom stereocenters. The third-order valence-electron chi connectivity index (χ3n) is 4.41. The van der Waals surface area contributed by atoms with Gasteiger partial charge in [0.1, 0.15) is 11.9 Å². The second-order valence-electron chi connectivity index (χ2n) is 6.47. The summed E-state index contributed by atoms with van der Waals surface area (Å²) in [5.41, 5.74) is 1.12. The predicted molar refractivity (Wildman–Crippen MR) is 100 cm³/mol. The van der Waals surface area contributed by atoms with E-state index in [0.717, 1.165) is 20.5 Å². The number of rotatable bonds is 5. The summed E-state index contributed by atoms with van der Waals surface area (Å²) in [4.78, 5) is 12.5. The zero-order valence-electron chi connectivity index (χ0n) is 15.6. The molecule has 29 heavy (non-hydrogen) atoms. The molecule has 0 aliphatic rings. The number of amides is 1. The first kappa shape index (κ1) is 21.0. The van der Waals surface area contributed by atoms with Gasteiger partial charge in [-0.2, -0.15) is 10.2 Å². The maximum Gasteiger partial charge on any atom is 0.249 e. The molecule has 3 rings (SSSR count). The van der Waals surface area contributed by atoms with Crippen molar-refractivity contribution in [1.82, 2.24) is 19.6 Å². The summed E-state index contributed by atoms with van der Waals surface area (Å²) in [6, 6.07) is -0.363. The molecule has 1 N–H and O–H groups in total. The summed E-state index contributed by atoms with van der Waals surface area (Å²) >= 11 is 3.40. The predicted octanol–water partition coefficient (Wildman–Crippen LogP) is 4.26. The minimum atomic E-state index is -1.76. The second-order valence-corrected chi connectivity index (χ2v) is 7.26. The molecule has 0 aliphatic heterocycles. The smallest absolute Gasteiger partial charge is 0.249 e. The van der Waals surface area contributed by atoms with Crippen molar-refractivity contribution in [3.8, 4) is 0 Å². The standard InChI is InChI=1S/C18H16BrF4N5O/c1-8-15(19)9(2)28(26-8)10(3)18(29)25-11-5-24-27(6-11)7-12-13(20)4-14(21)17(23)16(12)22/h4-6,10H,7H2,1-3H3,(H,25,29). The fourth-order valence-corrected chi connectivity index (χ4v) is 3.06. The molecule has 1 aromatic carbocycles. The number of nitrogens with one attached hydrogen (secondary N) is 1. The third kappa shape index (κ3) is 4.04. The van der Waals surface area contributed by atoms with Crippen LogP contribution in [0.1, 0.15) is 29.9 Å². The lowest BCUT2D eigenvalue weighted by Gasteiger charge is -2.13. The van der Waals surface area contributed by atoms with Gasteiger partial charge in [-0.15, -0.1) is 0 Å². The zero-order chi connectivity index (χ0) is 21.5. The Labute approximate surface area is 171 Å². The molecule has 3 aromatic rings. The quantitative estimate of drug-likeness (QED) is 0.342. The average molecular weight is 474 g/mol. The monoisotopic (exact) mass is 473 g/mol. The van der Waals surface area contributed by atoms with Gasteiger partial charge in [-0.25, -0.2) is 17.6 Å². The summed E-state index contributed by atoms with van der Waals surface area (Å²) in [5, 5.41) is 10.8. The number of hydrogen-bond acceptors (Lipinski definition) is 3. The van der Waals surface area contributed by atoms with E-state index in [9.17, 15) is 22.4 Å². The van der Waals surface area contributed by atoms with Crippen molar-refractivity contribution in [2.75, 3.05) is 5.32 Å². The van der Waals surface area contributed by atoms with Crippen LogP contribution < -0.4 is 5.32 Å². The summed E-state index contributed by atoms with van der Waals surface area (Å²) in [6.45, 7) is 4.80. The van der Waals surface area contributed by atoms with Crippen LogP contribution in [-0.4, -0.2) is 25.5 Å². The van der Waals surface area contributed by atoms with Crippen LogP contribution in [0.25, 0.3) is 0 Å². The molecule has 2 aromatic heterocycles. The van der Waals surface area contributed by atoms with E-state index in [4.69, 9.17) is 0 Å². The summed E-state index contributed by atoms with van der Waals surface area (Å²) in [7, 11) is 0. The minimum absolute atomic E-state index is 0.269. The highest BCUT2D eigenvalue weighted by Gasteiger charge is 2.22. The molecule has 0 radical (unpaired) electrons. The van der Waals surface area contributed by atoms with E-state index in [1.165, 1.54) is 12.4 Å². The number of aryl methyl sites for hydroxylation is 1. The Morgan fingerprint density at radius 1 is 1.21 bits per heavy atom. The van der Waals surface area contributed by atoms with Crippen molar-refractivity contribution in [1.29, 1.82) is 0 Å². The Morgan fingerprint density at radius 3 is 2.52 bits per heavy atom. The fraction of sp³-hybridized carbons (Fsp3) is 0.278. The van der Waals surface area contributed by atoms with E-state index in [1.807, 2.05) is 6.92 Å². The Bertz CT molecular complexity index is 1090. The number of aromatic nitrogens is 4. The Kier molecular flexibility index (Phi) is 5.78. The van der Waals surface area contributed by atoms with Gasteiger partial charge in [-0.1, -0.05) is 0 Å². The lowest BCUT2D eigenvalue weighted by Crippen LogP contribution is -2.25. The molecule has 154 valence electrons. The summed E-state index contributed by atoms with van der Waals surface area (Å²) in [5.74, 6) is -6.60. The van der Waals surface area contributed by atoms with Crippen LogP contribution in [0.2, 0.25) is 0 Å². The third-order valence-corrected chi connectivity index (χ3v) is 5.56. The Balaban J connectivity index is 1.75. The second kappa shape index (κ2) is 7.97. The van der Waals surface area contributed by atoms with Gasteiger partial charge in [-0.3, -0.25) is 14.2 Å². The molecule has 1 amide bonds. The molecule has 0 saturated carbocycles. The van der Waals surface area contributed by atoms with Crippen LogP contribution in [0, 0.1) is 37.1 Å². The van der Waals surface area contributed by atoms with Crippen molar-refractivity contribution < 1.29 is 22.4 Å². The largest absolute Gasteiger partial charge is 0.322 e. The van der Waals surface area contributed by atoms with Gasteiger partial charge in [-0.05, 0) is 36.7 Å². The molecule has 1 unspecified atom stereocenters. The van der Waals surface area contributed by atoms with Crippen molar-refractivity contribution in [2.45, 2.75) is 33.4 Å². The van der Waals surface area contributed by atoms with Gasteiger partial charge in [0.05, 0.1) is 34.3 Å². The van der Waals surface area contributed by atoms with E-state index in [2.05, 4.69) is 31.4 Å². The highest BCUT2D eigenvalue weighted by atomic mass is 79.9. The Morgan fingerprint density at radius 2 is 1.90 bits per heavy atom. The fourth-order valence-electron chi connectivity index (χ4n) is 2.80. The number of nitrogens with zero attached hydrogens (tertiary/aromatic N) is 4. The highest BCUT2D eigenvalue weighted by Crippen LogP contribution is 2.24. The number of halogens is 5. The topological polar surface area (TPSA) is 64.7 Å². The SMILES string of the molecule is Cc1nn(C(C)C(=O)Nc2cnn(Cc3c(F)cc(F)c(F)c3F)c2)c(C)c1Br. The van der Waals surface area contributed by atoms with Gasteiger partial charge in [0.2, 0.25) is 5.91 Å². The molecule has 6 nitrogen and oxygen atoms in total. The highest BCUT2D eigenvalue weighted by molar-refractivity contribution is 9.10. The van der Waals surface area contributed by atoms with E-state index in [-0.39, 0.29) is 17.7 Å². The molecule has 0 fully saturated rings. The van der Waals surface area contributed by atoms with Crippen LogP contribution >= 0.6 is 15.9 Å². The van der Waals surface area contributed by atoms with E-state index < -0.39 is 41.4 Å². The maximum atomic E-state index is 13.8. The van der Waals surface area contributed by atoms with Crippen LogP contribution in [0.15, 0.2) is 22.9 Å². The van der Waals surface area contributed by atoms with Crippen molar-refractivity contribution in [3.63, 3.8) is 0 Å². The molecular weight excluding hydrogens is 458 g/mol. The molecule has 2 heterocycles. The normalized spacial score (nSPS) is 12.3. The maximum absolute atomic E-state index is 13.8. The first-order valence-corrected chi connectivity index (χ1v) is 9.25. The zero-order valence-corrected chi connectivity index (χ0v) is 17.2. The van der Waals surface area contributed by atoms with Crippen molar-refractivity contribution in [3.05, 3.63) is 63.2 Å². The number of anilines is 1. The van der Waals surface area contributed by atoms with Crippen molar-refractivity contribution in [2.24, 2.45) is 0 Å². The van der Waals surface area contributed by atoms with Crippen LogP contribution in [-0.2, 0) is 11.3 Å². The van der Waals surface area contributed by atoms with Crippen LogP contribution in [0.5, 0.6) is 0 Å². The lowest BCUT2D eigenvalue weighted by atomic mass is 10.2. The molecule has 11 heteroatoms. The van der Waals surface area contributed by atoms with E-state index >= 15 is 0 Å². The van der Waals surface area contributed by atoms with Gasteiger partial charge >= 0.3 is 0 Å². The number of benzene rings is 1. The number of carbonyl (C=O) groups is 1. The Hall–Kier alpha value is -2.69. The van der Waals surface area contributed by atoms with Gasteiger partial charge in [0, 0.05) is 17.8 Å². The number of hydrogen-bond donors (Lipinski definition) is 1. The molecule has 0 bridgehead atoms. The summed E-state index contributed by atoms with van der Waals surface area (Å²) in [6.07, 6.45) is 2.60. The first-order valence-electron chi connectivity index (χ1n) is 8.46. The van der Waals surface area contributed by atoms with Crippen molar-refractivity contribution >= 4 is 27.5 Å². The minimum Gasteiger partial charge on any atom is -0.322 e. The van der Waals surface area contributed by atoms with Gasteiger partial charge < -0.3 is 5.32 Å². The first-order chi connectivity index (χ1) is 13.6. The van der Waals surface area contributed by atoms with E-state index in [0.29, 0.717) is 0 Å². The van der Waals surface area contributed by atoms with Crippen LogP contribution in [0.3, 0.4) is 0 Å².